The highest BCUT2D eigenvalue weighted by Gasteiger charge is 2.71. The predicted octanol–water partition coefficient (Wildman–Crippen LogP) is 4.17. The molecule has 0 radical (unpaired) electrons. The molecule has 118 valence electrons. The molecule has 1 aromatic carbocycles. The van der Waals surface area contributed by atoms with Crippen molar-refractivity contribution in [1.82, 2.24) is 4.98 Å². The zero-order chi connectivity index (χ0) is 16.6. The van der Waals surface area contributed by atoms with Crippen LogP contribution in [0.25, 0.3) is 0 Å². The maximum Gasteiger partial charge on any atom is 0.457 e. The summed E-state index contributed by atoms with van der Waals surface area (Å²) in [6.45, 7) is 0. The van der Waals surface area contributed by atoms with Crippen molar-refractivity contribution < 1.29 is 27.1 Å². The molecule has 0 saturated heterocycles. The van der Waals surface area contributed by atoms with Gasteiger partial charge in [0.25, 0.3) is 0 Å². The van der Waals surface area contributed by atoms with Gasteiger partial charge in [0.2, 0.25) is 0 Å². The van der Waals surface area contributed by atoms with Crippen molar-refractivity contribution >= 4 is 11.6 Å². The number of hydrogen-bond acceptors (Lipinski definition) is 2. The summed E-state index contributed by atoms with van der Waals surface area (Å²) >= 11 is 5.65. The molecule has 0 amide bonds. The number of halogens is 6. The minimum atomic E-state index is -5.96. The number of aromatic nitrogens is 1. The Labute approximate surface area is 127 Å². The molecule has 0 aliphatic rings. The third-order valence-electron chi connectivity index (χ3n) is 3.15. The van der Waals surface area contributed by atoms with Crippen molar-refractivity contribution in [2.24, 2.45) is 0 Å². The molecule has 0 fully saturated rings. The minimum Gasteiger partial charge on any atom is -0.374 e. The predicted molar refractivity (Wildman–Crippen MR) is 69.7 cm³/mol. The van der Waals surface area contributed by atoms with Gasteiger partial charge in [0.15, 0.2) is 5.60 Å². The van der Waals surface area contributed by atoms with Gasteiger partial charge < -0.3 is 5.11 Å². The first kappa shape index (κ1) is 16.6. The number of benzene rings is 1. The molecule has 0 saturated carbocycles. The number of alkyl halides is 5. The Morgan fingerprint density at radius 3 is 2.00 bits per heavy atom. The summed E-state index contributed by atoms with van der Waals surface area (Å²) in [5, 5.41) is 10.3. The van der Waals surface area contributed by atoms with E-state index in [1.54, 1.807) is 0 Å². The van der Waals surface area contributed by atoms with E-state index in [-0.39, 0.29) is 5.02 Å². The van der Waals surface area contributed by atoms with E-state index >= 15 is 0 Å². The topological polar surface area (TPSA) is 33.1 Å². The van der Waals surface area contributed by atoms with Crippen molar-refractivity contribution in [3.8, 4) is 0 Å². The highest BCUT2D eigenvalue weighted by Crippen LogP contribution is 2.51. The van der Waals surface area contributed by atoms with Crippen LogP contribution in [0.2, 0.25) is 5.02 Å². The quantitative estimate of drug-likeness (QED) is 0.853. The molecule has 0 spiro atoms. The summed E-state index contributed by atoms with van der Waals surface area (Å²) in [7, 11) is 0. The largest absolute Gasteiger partial charge is 0.457 e. The van der Waals surface area contributed by atoms with Crippen molar-refractivity contribution in [3.63, 3.8) is 0 Å². The van der Waals surface area contributed by atoms with Crippen molar-refractivity contribution in [2.45, 2.75) is 17.7 Å². The molecule has 1 N–H and O–H groups in total. The SMILES string of the molecule is OC(c1ccncc1)(c1cccc(Cl)c1)C(F)(F)C(F)(F)F. The van der Waals surface area contributed by atoms with Crippen LogP contribution in [0.1, 0.15) is 11.1 Å². The van der Waals surface area contributed by atoms with Gasteiger partial charge in [-0.3, -0.25) is 4.98 Å². The zero-order valence-electron chi connectivity index (χ0n) is 10.8. The Bertz CT molecular complexity index is 662. The first-order valence-corrected chi connectivity index (χ1v) is 6.32. The summed E-state index contributed by atoms with van der Waals surface area (Å²) in [6, 6.07) is 6.06. The summed E-state index contributed by atoms with van der Waals surface area (Å²) in [4.78, 5) is 3.55. The third kappa shape index (κ3) is 2.55. The molecule has 0 aliphatic heterocycles. The number of pyridine rings is 1. The van der Waals surface area contributed by atoms with E-state index in [0.717, 1.165) is 36.7 Å². The molecular formula is C14H9ClF5NO. The zero-order valence-corrected chi connectivity index (χ0v) is 11.5. The lowest BCUT2D eigenvalue weighted by atomic mass is 9.81. The van der Waals surface area contributed by atoms with Gasteiger partial charge in [-0.25, -0.2) is 0 Å². The fourth-order valence-electron chi connectivity index (χ4n) is 2.04. The van der Waals surface area contributed by atoms with Gasteiger partial charge in [-0.05, 0) is 35.4 Å². The molecular weight excluding hydrogens is 329 g/mol. The van der Waals surface area contributed by atoms with E-state index in [9.17, 15) is 27.1 Å². The second kappa shape index (κ2) is 5.48. The smallest absolute Gasteiger partial charge is 0.374 e. The molecule has 22 heavy (non-hydrogen) atoms. The van der Waals surface area contributed by atoms with Crippen LogP contribution >= 0.6 is 11.6 Å². The Hall–Kier alpha value is -1.73. The third-order valence-corrected chi connectivity index (χ3v) is 3.39. The molecule has 1 aromatic heterocycles. The van der Waals surface area contributed by atoms with Gasteiger partial charge in [-0.1, -0.05) is 23.7 Å². The molecule has 1 atom stereocenters. The summed E-state index contributed by atoms with van der Waals surface area (Å²) in [6.07, 6.45) is -3.94. The van der Waals surface area contributed by atoms with Crippen LogP contribution in [-0.2, 0) is 5.60 Å². The Kier molecular flexibility index (Phi) is 4.14. The van der Waals surface area contributed by atoms with E-state index in [4.69, 9.17) is 11.6 Å². The van der Waals surface area contributed by atoms with Crippen LogP contribution in [0.4, 0.5) is 22.0 Å². The van der Waals surface area contributed by atoms with E-state index in [0.29, 0.717) is 0 Å². The van der Waals surface area contributed by atoms with Crippen molar-refractivity contribution in [1.29, 1.82) is 0 Å². The first-order chi connectivity index (χ1) is 10.1. The maximum atomic E-state index is 14.0. The van der Waals surface area contributed by atoms with Crippen LogP contribution < -0.4 is 0 Å². The Morgan fingerprint density at radius 1 is 0.909 bits per heavy atom. The van der Waals surface area contributed by atoms with Crippen molar-refractivity contribution in [2.75, 3.05) is 0 Å². The van der Waals surface area contributed by atoms with Gasteiger partial charge in [-0.15, -0.1) is 0 Å². The van der Waals surface area contributed by atoms with Crippen LogP contribution in [0.5, 0.6) is 0 Å². The minimum absolute atomic E-state index is 0.0806. The summed E-state index contributed by atoms with van der Waals surface area (Å²) < 4.78 is 66.6. The lowest BCUT2D eigenvalue weighted by Crippen LogP contribution is -2.55. The summed E-state index contributed by atoms with van der Waals surface area (Å²) in [5.74, 6) is -5.44. The molecule has 2 aromatic rings. The fourth-order valence-corrected chi connectivity index (χ4v) is 2.23. The van der Waals surface area contributed by atoms with E-state index in [1.165, 1.54) is 12.1 Å². The lowest BCUT2D eigenvalue weighted by molar-refractivity contribution is -0.336. The molecule has 2 rings (SSSR count). The van der Waals surface area contributed by atoms with Crippen LogP contribution in [-0.4, -0.2) is 22.2 Å². The molecule has 0 aliphatic carbocycles. The standard InChI is InChI=1S/C14H9ClF5NO/c15-11-3-1-2-10(8-11)12(22,9-4-6-21-7-5-9)13(16,17)14(18,19)20/h1-8,22H. The fraction of sp³-hybridized carbons (Fsp3) is 0.214. The van der Waals surface area contributed by atoms with Gasteiger partial charge in [0.05, 0.1) is 0 Å². The number of rotatable bonds is 3. The van der Waals surface area contributed by atoms with Gasteiger partial charge >= 0.3 is 12.1 Å². The van der Waals surface area contributed by atoms with Crippen LogP contribution in [0.15, 0.2) is 48.8 Å². The number of hydrogen-bond donors (Lipinski definition) is 1. The van der Waals surface area contributed by atoms with Gasteiger partial charge in [-0.2, -0.15) is 22.0 Å². The monoisotopic (exact) mass is 337 g/mol. The number of aliphatic hydroxyl groups is 1. The summed E-state index contributed by atoms with van der Waals surface area (Å²) in [5.41, 5.74) is -4.94. The van der Waals surface area contributed by atoms with Crippen LogP contribution in [0, 0.1) is 0 Å². The highest BCUT2D eigenvalue weighted by atomic mass is 35.5. The highest BCUT2D eigenvalue weighted by molar-refractivity contribution is 6.30. The number of nitrogens with zero attached hydrogens (tertiary/aromatic N) is 1. The lowest BCUT2D eigenvalue weighted by Gasteiger charge is -2.37. The molecule has 1 unspecified atom stereocenters. The maximum absolute atomic E-state index is 14.0. The van der Waals surface area contributed by atoms with Crippen molar-refractivity contribution in [3.05, 3.63) is 64.9 Å². The average molecular weight is 338 g/mol. The molecule has 0 bridgehead atoms. The molecule has 1 heterocycles. The Balaban J connectivity index is 2.76. The second-order valence-electron chi connectivity index (χ2n) is 4.53. The average Bonchev–Trinajstić information content (AvgIpc) is 2.46. The molecule has 8 heteroatoms. The first-order valence-electron chi connectivity index (χ1n) is 5.94. The molecule has 2 nitrogen and oxygen atoms in total. The van der Waals surface area contributed by atoms with E-state index in [1.807, 2.05) is 0 Å². The second-order valence-corrected chi connectivity index (χ2v) is 4.97. The normalized spacial score (nSPS) is 15.4. The van der Waals surface area contributed by atoms with Gasteiger partial charge in [0, 0.05) is 17.4 Å². The van der Waals surface area contributed by atoms with Gasteiger partial charge in [0.1, 0.15) is 0 Å². The van der Waals surface area contributed by atoms with E-state index in [2.05, 4.69) is 4.98 Å². The Morgan fingerprint density at radius 2 is 1.50 bits per heavy atom. The van der Waals surface area contributed by atoms with E-state index < -0.39 is 28.8 Å². The van der Waals surface area contributed by atoms with Crippen LogP contribution in [0.3, 0.4) is 0 Å².